The fourth-order valence-electron chi connectivity index (χ4n) is 3.10. The lowest BCUT2D eigenvalue weighted by molar-refractivity contribution is 0.533. The number of unbranched alkanes of at least 4 members (excludes halogenated alkanes) is 1. The van der Waals surface area contributed by atoms with Crippen LogP contribution in [-0.2, 0) is 13.1 Å². The minimum atomic E-state index is -0.0276. The zero-order valence-electron chi connectivity index (χ0n) is 14.2. The molecule has 0 radical (unpaired) electrons. The molecule has 2 aromatic carbocycles. The Labute approximate surface area is 149 Å². The Kier molecular flexibility index (Phi) is 4.31. The maximum Gasteiger partial charge on any atom is 0.261 e. The van der Waals surface area contributed by atoms with Crippen LogP contribution in [0.25, 0.3) is 21.8 Å². The summed E-state index contributed by atoms with van der Waals surface area (Å²) in [6.07, 6.45) is 4.74. The molecule has 6 heteroatoms. The highest BCUT2D eigenvalue weighted by Crippen LogP contribution is 2.07. The molecule has 0 aliphatic carbocycles. The number of rotatable bonds is 5. The van der Waals surface area contributed by atoms with Gasteiger partial charge in [-0.05, 0) is 37.1 Å². The molecule has 0 aliphatic heterocycles. The summed E-state index contributed by atoms with van der Waals surface area (Å²) in [6.45, 7) is 1.15. The summed E-state index contributed by atoms with van der Waals surface area (Å²) in [4.78, 5) is 33.6. The molecule has 0 saturated heterocycles. The lowest BCUT2D eigenvalue weighted by atomic mass is 10.2. The first-order valence-electron chi connectivity index (χ1n) is 8.62. The highest BCUT2D eigenvalue weighted by atomic mass is 16.1. The molecule has 0 aliphatic rings. The molecule has 6 nitrogen and oxygen atoms in total. The van der Waals surface area contributed by atoms with Crippen LogP contribution in [-0.4, -0.2) is 19.1 Å². The number of para-hydroxylation sites is 2. The molecule has 0 bridgehead atoms. The van der Waals surface area contributed by atoms with E-state index in [-0.39, 0.29) is 11.1 Å². The summed E-state index contributed by atoms with van der Waals surface area (Å²) >= 11 is 0. The second-order valence-electron chi connectivity index (χ2n) is 6.23. The van der Waals surface area contributed by atoms with E-state index in [9.17, 15) is 9.59 Å². The van der Waals surface area contributed by atoms with Crippen molar-refractivity contribution in [2.24, 2.45) is 0 Å². The summed E-state index contributed by atoms with van der Waals surface area (Å²) in [5, 5.41) is 1.26. The monoisotopic (exact) mass is 346 g/mol. The van der Waals surface area contributed by atoms with Gasteiger partial charge in [-0.2, -0.15) is 0 Å². The van der Waals surface area contributed by atoms with Gasteiger partial charge in [0.25, 0.3) is 11.1 Å². The van der Waals surface area contributed by atoms with Crippen LogP contribution in [0, 0.1) is 0 Å². The average Bonchev–Trinajstić information content (AvgIpc) is 2.68. The van der Waals surface area contributed by atoms with E-state index < -0.39 is 0 Å². The van der Waals surface area contributed by atoms with Crippen LogP contribution in [0.4, 0.5) is 0 Å². The van der Waals surface area contributed by atoms with E-state index in [0.29, 0.717) is 34.9 Å². The van der Waals surface area contributed by atoms with Gasteiger partial charge in [-0.15, -0.1) is 0 Å². The molecule has 4 aromatic rings. The molecule has 0 spiro atoms. The highest BCUT2D eigenvalue weighted by Gasteiger charge is 2.05. The van der Waals surface area contributed by atoms with Gasteiger partial charge < -0.3 is 0 Å². The summed E-state index contributed by atoms with van der Waals surface area (Å²) in [5.74, 6) is 0. The molecule has 130 valence electrons. The lowest BCUT2D eigenvalue weighted by Gasteiger charge is -2.08. The first kappa shape index (κ1) is 16.2. The number of hydrogen-bond acceptors (Lipinski definition) is 4. The zero-order chi connectivity index (χ0) is 17.9. The Balaban J connectivity index is 1.45. The van der Waals surface area contributed by atoms with E-state index in [1.54, 1.807) is 33.9 Å². The van der Waals surface area contributed by atoms with Gasteiger partial charge in [0, 0.05) is 13.1 Å². The summed E-state index contributed by atoms with van der Waals surface area (Å²) in [7, 11) is 0. The van der Waals surface area contributed by atoms with E-state index in [1.807, 2.05) is 36.4 Å². The predicted molar refractivity (Wildman–Crippen MR) is 101 cm³/mol. The fourth-order valence-corrected chi connectivity index (χ4v) is 3.10. The third-order valence-corrected chi connectivity index (χ3v) is 4.51. The third-order valence-electron chi connectivity index (χ3n) is 4.51. The van der Waals surface area contributed by atoms with E-state index >= 15 is 0 Å². The van der Waals surface area contributed by atoms with Crippen molar-refractivity contribution in [1.82, 2.24) is 19.1 Å². The number of aromatic nitrogens is 4. The molecular formula is C20H18N4O2. The standard InChI is InChI=1S/C20H18N4O2/c25-19-15-7-1-3-9-17(15)21-13-23(19)11-5-6-12-24-14-22-18-10-4-2-8-16(18)20(24)26/h1-4,7-10,13-14H,5-6,11-12H2. The maximum atomic E-state index is 12.5. The minimum Gasteiger partial charge on any atom is -0.299 e. The molecular weight excluding hydrogens is 328 g/mol. The Morgan fingerprint density at radius 1 is 0.654 bits per heavy atom. The predicted octanol–water partition coefficient (Wildman–Crippen LogP) is 2.59. The first-order chi connectivity index (χ1) is 12.7. The van der Waals surface area contributed by atoms with Crippen molar-refractivity contribution >= 4 is 21.8 Å². The minimum absolute atomic E-state index is 0.0276. The SMILES string of the molecule is O=c1c2ccccc2ncn1CCCCn1cnc2ccccc2c1=O. The Morgan fingerprint density at radius 2 is 1.08 bits per heavy atom. The van der Waals surface area contributed by atoms with E-state index in [4.69, 9.17) is 0 Å². The van der Waals surface area contributed by atoms with Gasteiger partial charge in [-0.25, -0.2) is 9.97 Å². The molecule has 2 aromatic heterocycles. The van der Waals surface area contributed by atoms with Gasteiger partial charge in [0.05, 0.1) is 34.5 Å². The molecule has 0 fully saturated rings. The van der Waals surface area contributed by atoms with Crippen LogP contribution in [0.5, 0.6) is 0 Å². The van der Waals surface area contributed by atoms with Crippen molar-refractivity contribution < 1.29 is 0 Å². The second-order valence-corrected chi connectivity index (χ2v) is 6.23. The van der Waals surface area contributed by atoms with Crippen molar-refractivity contribution in [2.45, 2.75) is 25.9 Å². The van der Waals surface area contributed by atoms with Gasteiger partial charge in [0.2, 0.25) is 0 Å². The molecule has 0 amide bonds. The topological polar surface area (TPSA) is 69.8 Å². The fraction of sp³-hybridized carbons (Fsp3) is 0.200. The van der Waals surface area contributed by atoms with Gasteiger partial charge >= 0.3 is 0 Å². The Bertz CT molecular complexity index is 1100. The molecule has 4 rings (SSSR count). The molecule has 0 N–H and O–H groups in total. The maximum absolute atomic E-state index is 12.5. The number of hydrogen-bond donors (Lipinski definition) is 0. The van der Waals surface area contributed by atoms with Crippen molar-refractivity contribution in [3.8, 4) is 0 Å². The summed E-state index contributed by atoms with van der Waals surface area (Å²) in [6, 6.07) is 14.7. The molecule has 0 unspecified atom stereocenters. The number of fused-ring (bicyclic) bond motifs is 2. The van der Waals surface area contributed by atoms with Crippen LogP contribution in [0.2, 0.25) is 0 Å². The average molecular weight is 346 g/mol. The smallest absolute Gasteiger partial charge is 0.261 e. The van der Waals surface area contributed by atoms with Crippen LogP contribution in [0.15, 0.2) is 70.8 Å². The van der Waals surface area contributed by atoms with Crippen molar-refractivity contribution in [1.29, 1.82) is 0 Å². The van der Waals surface area contributed by atoms with E-state index in [0.717, 1.165) is 12.8 Å². The number of nitrogens with zero attached hydrogens (tertiary/aromatic N) is 4. The second kappa shape index (κ2) is 6.92. The first-order valence-corrected chi connectivity index (χ1v) is 8.62. The quantitative estimate of drug-likeness (QED) is 0.521. The third kappa shape index (κ3) is 3.01. The molecule has 2 heterocycles. The molecule has 26 heavy (non-hydrogen) atoms. The van der Waals surface area contributed by atoms with Crippen LogP contribution < -0.4 is 11.1 Å². The van der Waals surface area contributed by atoms with Crippen LogP contribution in [0.1, 0.15) is 12.8 Å². The summed E-state index contributed by atoms with van der Waals surface area (Å²) in [5.41, 5.74) is 1.37. The van der Waals surface area contributed by atoms with Gasteiger partial charge in [0.1, 0.15) is 0 Å². The summed E-state index contributed by atoms with van der Waals surface area (Å²) < 4.78 is 3.26. The Hall–Kier alpha value is -3.28. The molecule has 0 saturated carbocycles. The van der Waals surface area contributed by atoms with Gasteiger partial charge in [-0.1, -0.05) is 24.3 Å². The van der Waals surface area contributed by atoms with E-state index in [2.05, 4.69) is 9.97 Å². The van der Waals surface area contributed by atoms with Gasteiger partial charge in [0.15, 0.2) is 0 Å². The van der Waals surface area contributed by atoms with Crippen molar-refractivity contribution in [3.05, 3.63) is 81.9 Å². The lowest BCUT2D eigenvalue weighted by Crippen LogP contribution is -2.22. The Morgan fingerprint density at radius 3 is 1.54 bits per heavy atom. The normalized spacial score (nSPS) is 11.2. The van der Waals surface area contributed by atoms with Crippen LogP contribution >= 0.6 is 0 Å². The number of benzene rings is 2. The largest absolute Gasteiger partial charge is 0.299 e. The van der Waals surface area contributed by atoms with Gasteiger partial charge in [-0.3, -0.25) is 18.7 Å². The zero-order valence-corrected chi connectivity index (χ0v) is 14.2. The molecule has 0 atom stereocenters. The van der Waals surface area contributed by atoms with Crippen LogP contribution in [0.3, 0.4) is 0 Å². The van der Waals surface area contributed by atoms with E-state index in [1.165, 1.54) is 0 Å². The van der Waals surface area contributed by atoms with Crippen molar-refractivity contribution in [3.63, 3.8) is 0 Å². The highest BCUT2D eigenvalue weighted by molar-refractivity contribution is 5.77. The number of aryl methyl sites for hydroxylation is 2. The van der Waals surface area contributed by atoms with Crippen molar-refractivity contribution in [2.75, 3.05) is 0 Å².